The zero-order valence-corrected chi connectivity index (χ0v) is 15.1. The SMILES string of the molecule is CNCCC1CCN(C(=O)C2(c3cccc(C)c3)CC2)CC1.Cl. The Morgan fingerprint density at radius 2 is 2.00 bits per heavy atom. The molecule has 0 unspecified atom stereocenters. The van der Waals surface area contributed by atoms with E-state index in [4.69, 9.17) is 0 Å². The number of aryl methyl sites for hydroxylation is 1. The number of rotatable bonds is 5. The lowest BCUT2D eigenvalue weighted by atomic mass is 9.89. The molecular weight excluding hydrogens is 308 g/mol. The van der Waals surface area contributed by atoms with Crippen molar-refractivity contribution in [2.45, 2.75) is 44.4 Å². The summed E-state index contributed by atoms with van der Waals surface area (Å²) in [6.07, 6.45) is 5.61. The number of hydrogen-bond acceptors (Lipinski definition) is 2. The fraction of sp³-hybridized carbons (Fsp3) is 0.632. The average molecular weight is 337 g/mol. The van der Waals surface area contributed by atoms with Crippen LogP contribution in [0.5, 0.6) is 0 Å². The van der Waals surface area contributed by atoms with E-state index < -0.39 is 0 Å². The summed E-state index contributed by atoms with van der Waals surface area (Å²) in [5.41, 5.74) is 2.29. The summed E-state index contributed by atoms with van der Waals surface area (Å²) in [5.74, 6) is 1.16. The smallest absolute Gasteiger partial charge is 0.233 e. The van der Waals surface area contributed by atoms with Gasteiger partial charge in [0.2, 0.25) is 5.91 Å². The predicted molar refractivity (Wildman–Crippen MR) is 97.2 cm³/mol. The number of hydrogen-bond donors (Lipinski definition) is 1. The Morgan fingerprint density at radius 1 is 1.30 bits per heavy atom. The number of likely N-dealkylation sites (tertiary alicyclic amines) is 1. The third-order valence-corrected chi connectivity index (χ3v) is 5.43. The van der Waals surface area contributed by atoms with Crippen molar-refractivity contribution in [1.82, 2.24) is 10.2 Å². The van der Waals surface area contributed by atoms with E-state index in [2.05, 4.69) is 41.4 Å². The molecule has 1 aliphatic heterocycles. The van der Waals surface area contributed by atoms with Crippen molar-refractivity contribution in [1.29, 1.82) is 0 Å². The molecule has 0 spiro atoms. The minimum Gasteiger partial charge on any atom is -0.342 e. The molecule has 1 heterocycles. The van der Waals surface area contributed by atoms with E-state index in [1.807, 2.05) is 7.05 Å². The molecule has 1 aliphatic carbocycles. The molecule has 0 aromatic heterocycles. The molecule has 0 radical (unpaired) electrons. The van der Waals surface area contributed by atoms with Crippen LogP contribution < -0.4 is 5.32 Å². The van der Waals surface area contributed by atoms with Crippen molar-refractivity contribution in [3.05, 3.63) is 35.4 Å². The van der Waals surface area contributed by atoms with Crippen molar-refractivity contribution in [2.75, 3.05) is 26.7 Å². The molecule has 3 nitrogen and oxygen atoms in total. The first-order valence-corrected chi connectivity index (χ1v) is 8.67. The van der Waals surface area contributed by atoms with Crippen LogP contribution in [0.15, 0.2) is 24.3 Å². The molecule has 1 saturated heterocycles. The predicted octanol–water partition coefficient (Wildman–Crippen LogP) is 3.30. The van der Waals surface area contributed by atoms with Gasteiger partial charge in [-0.25, -0.2) is 0 Å². The van der Waals surface area contributed by atoms with Gasteiger partial charge in [-0.15, -0.1) is 12.4 Å². The molecule has 1 saturated carbocycles. The Labute approximate surface area is 146 Å². The fourth-order valence-electron chi connectivity index (χ4n) is 3.77. The third kappa shape index (κ3) is 3.89. The maximum Gasteiger partial charge on any atom is 0.233 e. The molecule has 0 bridgehead atoms. The first kappa shape index (κ1) is 18.3. The van der Waals surface area contributed by atoms with Gasteiger partial charge in [0.25, 0.3) is 0 Å². The maximum atomic E-state index is 13.0. The number of piperidine rings is 1. The highest BCUT2D eigenvalue weighted by atomic mass is 35.5. The van der Waals surface area contributed by atoms with Crippen LogP contribution in [0, 0.1) is 12.8 Å². The van der Waals surface area contributed by atoms with Gasteiger partial charge < -0.3 is 10.2 Å². The Bertz CT molecular complexity index is 534. The fourth-order valence-corrected chi connectivity index (χ4v) is 3.77. The molecule has 0 atom stereocenters. The highest BCUT2D eigenvalue weighted by Crippen LogP contribution is 2.50. The summed E-state index contributed by atoms with van der Waals surface area (Å²) in [7, 11) is 2.01. The number of nitrogens with zero attached hydrogens (tertiary/aromatic N) is 1. The summed E-state index contributed by atoms with van der Waals surface area (Å²) in [6.45, 7) is 5.09. The minimum atomic E-state index is -0.191. The van der Waals surface area contributed by atoms with Crippen LogP contribution in [0.3, 0.4) is 0 Å². The van der Waals surface area contributed by atoms with E-state index in [-0.39, 0.29) is 17.8 Å². The second-order valence-electron chi connectivity index (χ2n) is 7.08. The number of carbonyl (C=O) groups is 1. The van der Waals surface area contributed by atoms with Gasteiger partial charge in [0, 0.05) is 13.1 Å². The monoisotopic (exact) mass is 336 g/mol. The topological polar surface area (TPSA) is 32.3 Å². The van der Waals surface area contributed by atoms with Crippen molar-refractivity contribution >= 4 is 18.3 Å². The zero-order chi connectivity index (χ0) is 15.6. The molecule has 1 N–H and O–H groups in total. The second kappa shape index (κ2) is 7.67. The number of nitrogens with one attached hydrogen (secondary N) is 1. The van der Waals surface area contributed by atoms with Crippen molar-refractivity contribution in [3.63, 3.8) is 0 Å². The van der Waals surface area contributed by atoms with Gasteiger partial charge in [-0.2, -0.15) is 0 Å². The normalized spacial score (nSPS) is 20.0. The molecule has 4 heteroatoms. The van der Waals surface area contributed by atoms with Crippen LogP contribution in [-0.2, 0) is 10.2 Å². The van der Waals surface area contributed by atoms with Gasteiger partial charge in [0.15, 0.2) is 0 Å². The quantitative estimate of drug-likeness (QED) is 0.894. The molecule has 3 rings (SSSR count). The number of benzene rings is 1. The summed E-state index contributed by atoms with van der Waals surface area (Å²) < 4.78 is 0. The Morgan fingerprint density at radius 3 is 2.57 bits per heavy atom. The first-order chi connectivity index (χ1) is 10.7. The molecule has 1 aromatic carbocycles. The molecule has 128 valence electrons. The standard InChI is InChI=1S/C19H28N2O.ClH/c1-15-4-3-5-17(14-15)19(9-10-19)18(22)21-12-7-16(8-13-21)6-11-20-2;/h3-5,14,16,20H,6-13H2,1-2H3;1H. The van der Waals surface area contributed by atoms with E-state index in [0.29, 0.717) is 5.91 Å². The van der Waals surface area contributed by atoms with E-state index in [9.17, 15) is 4.79 Å². The van der Waals surface area contributed by atoms with Gasteiger partial charge in [0.05, 0.1) is 5.41 Å². The molecule has 1 amide bonds. The van der Waals surface area contributed by atoms with Crippen LogP contribution in [-0.4, -0.2) is 37.5 Å². The summed E-state index contributed by atoms with van der Waals surface area (Å²) in [5, 5.41) is 3.23. The van der Waals surface area contributed by atoms with Gasteiger partial charge in [-0.1, -0.05) is 29.8 Å². The van der Waals surface area contributed by atoms with Crippen LogP contribution in [0.1, 0.15) is 43.2 Å². The lowest BCUT2D eigenvalue weighted by molar-refractivity contribution is -0.135. The van der Waals surface area contributed by atoms with Crippen LogP contribution >= 0.6 is 12.4 Å². The molecular formula is C19H29ClN2O. The van der Waals surface area contributed by atoms with Gasteiger partial charge in [0.1, 0.15) is 0 Å². The Kier molecular flexibility index (Phi) is 6.10. The summed E-state index contributed by atoms with van der Waals surface area (Å²) in [6, 6.07) is 8.53. The van der Waals surface area contributed by atoms with Gasteiger partial charge >= 0.3 is 0 Å². The maximum absolute atomic E-state index is 13.0. The molecule has 2 fully saturated rings. The molecule has 1 aromatic rings. The Hall–Kier alpha value is -1.06. The van der Waals surface area contributed by atoms with Crippen LogP contribution in [0.25, 0.3) is 0 Å². The minimum absolute atomic E-state index is 0. The second-order valence-corrected chi connectivity index (χ2v) is 7.08. The highest BCUT2D eigenvalue weighted by Gasteiger charge is 2.53. The van der Waals surface area contributed by atoms with Gasteiger partial charge in [-0.05, 0) is 64.1 Å². The first-order valence-electron chi connectivity index (χ1n) is 8.67. The van der Waals surface area contributed by atoms with E-state index in [0.717, 1.165) is 51.2 Å². The summed E-state index contributed by atoms with van der Waals surface area (Å²) >= 11 is 0. The van der Waals surface area contributed by atoms with E-state index in [1.165, 1.54) is 17.5 Å². The third-order valence-electron chi connectivity index (χ3n) is 5.43. The Balaban J connectivity index is 0.00000192. The lowest BCUT2D eigenvalue weighted by Gasteiger charge is -2.34. The van der Waals surface area contributed by atoms with Crippen molar-refractivity contribution < 1.29 is 4.79 Å². The van der Waals surface area contributed by atoms with Crippen LogP contribution in [0.4, 0.5) is 0 Å². The number of amides is 1. The van der Waals surface area contributed by atoms with Crippen LogP contribution in [0.2, 0.25) is 0 Å². The number of carbonyl (C=O) groups excluding carboxylic acids is 1. The van der Waals surface area contributed by atoms with Crippen molar-refractivity contribution in [3.8, 4) is 0 Å². The average Bonchev–Trinajstić information content (AvgIpc) is 3.34. The molecule has 2 aliphatic rings. The highest BCUT2D eigenvalue weighted by molar-refractivity contribution is 5.91. The summed E-state index contributed by atoms with van der Waals surface area (Å²) in [4.78, 5) is 15.2. The lowest BCUT2D eigenvalue weighted by Crippen LogP contribution is -2.44. The zero-order valence-electron chi connectivity index (χ0n) is 14.3. The number of halogens is 1. The van der Waals surface area contributed by atoms with Gasteiger partial charge in [-0.3, -0.25) is 4.79 Å². The van der Waals surface area contributed by atoms with Crippen molar-refractivity contribution in [2.24, 2.45) is 5.92 Å². The van der Waals surface area contributed by atoms with E-state index in [1.54, 1.807) is 0 Å². The molecule has 23 heavy (non-hydrogen) atoms. The largest absolute Gasteiger partial charge is 0.342 e. The van der Waals surface area contributed by atoms with E-state index >= 15 is 0 Å².